The number of hydrogen-bond acceptors (Lipinski definition) is 11. The van der Waals surface area contributed by atoms with E-state index in [1.807, 2.05) is 0 Å². The van der Waals surface area contributed by atoms with Crippen LogP contribution in [0.25, 0.3) is 0 Å². The molecule has 2 atom stereocenters. The van der Waals surface area contributed by atoms with Gasteiger partial charge in [-0.3, -0.25) is 8.74 Å². The Morgan fingerprint density at radius 2 is 1.57 bits per heavy atom. The molecule has 0 saturated heterocycles. The summed E-state index contributed by atoms with van der Waals surface area (Å²) in [6, 6.07) is 0. The average molecular weight is 354 g/mol. The van der Waals surface area contributed by atoms with Crippen molar-refractivity contribution in [3.63, 3.8) is 0 Å². The van der Waals surface area contributed by atoms with E-state index in [9.17, 15) is 28.2 Å². The molecule has 0 aromatic heterocycles. The van der Waals surface area contributed by atoms with Crippen LogP contribution in [0.3, 0.4) is 0 Å². The van der Waals surface area contributed by atoms with Gasteiger partial charge in [-0.1, -0.05) is 0 Å². The predicted octanol–water partition coefficient (Wildman–Crippen LogP) is -1.32. The monoisotopic (exact) mass is 354 g/mol. The van der Waals surface area contributed by atoms with E-state index in [2.05, 4.69) is 23.7 Å². The van der Waals surface area contributed by atoms with Gasteiger partial charge in [0.2, 0.25) is 0 Å². The van der Waals surface area contributed by atoms with E-state index in [1.165, 1.54) is 0 Å². The van der Waals surface area contributed by atoms with Crippen LogP contribution in [0, 0.1) is 0 Å². The number of hydrogen-bond donors (Lipinski definition) is 1. The molecule has 0 aromatic rings. The molecular weight excluding hydrogens is 344 g/mol. The number of rotatable bonds is 7. The lowest BCUT2D eigenvalue weighted by Gasteiger charge is -2.09. The van der Waals surface area contributed by atoms with E-state index in [4.69, 9.17) is 4.55 Å². The standard InChI is InChI=1S/C10H10O12S/c1-6(12)18-19-8(13)2-3-9(14)20-21-10(15)7(4-5-11)22-23(16)17/h2-3,5,7H,4H2,1H3,(H,16,17)/b3-2-. The minimum atomic E-state index is -2.86. The van der Waals surface area contributed by atoms with E-state index in [0.29, 0.717) is 12.2 Å². The third kappa shape index (κ3) is 10.7. The molecular formula is C10H10O12S. The molecule has 13 heteroatoms. The van der Waals surface area contributed by atoms with Crippen LogP contribution in [0.1, 0.15) is 13.3 Å². The number of carbonyl (C=O) groups is 5. The Balaban J connectivity index is 4.32. The van der Waals surface area contributed by atoms with Crippen LogP contribution in [-0.4, -0.2) is 45.0 Å². The normalized spacial score (nSPS) is 12.8. The highest BCUT2D eigenvalue weighted by Gasteiger charge is 2.25. The fourth-order valence-corrected chi connectivity index (χ4v) is 1.14. The highest BCUT2D eigenvalue weighted by atomic mass is 32.2. The van der Waals surface area contributed by atoms with Crippen molar-refractivity contribution in [3.8, 4) is 0 Å². The number of carbonyl (C=O) groups excluding carboxylic acids is 5. The molecule has 0 spiro atoms. The van der Waals surface area contributed by atoms with Crippen molar-refractivity contribution >= 4 is 41.5 Å². The molecule has 12 nitrogen and oxygen atoms in total. The third-order valence-electron chi connectivity index (χ3n) is 1.57. The Morgan fingerprint density at radius 3 is 2.00 bits per heavy atom. The molecule has 0 fully saturated rings. The minimum Gasteiger partial charge on any atom is -0.303 e. The van der Waals surface area contributed by atoms with Gasteiger partial charge >= 0.3 is 35.2 Å². The zero-order chi connectivity index (χ0) is 17.8. The first-order chi connectivity index (χ1) is 10.8. The fourth-order valence-electron chi connectivity index (χ4n) is 0.789. The summed E-state index contributed by atoms with van der Waals surface area (Å²) in [6.45, 7) is 0.960. The maximum absolute atomic E-state index is 11.3. The smallest absolute Gasteiger partial charge is 0.303 e. The van der Waals surface area contributed by atoms with Crippen LogP contribution in [-0.2, 0) is 59.1 Å². The van der Waals surface area contributed by atoms with Crippen molar-refractivity contribution in [1.82, 2.24) is 0 Å². The molecule has 0 rings (SSSR count). The van der Waals surface area contributed by atoms with E-state index in [1.54, 1.807) is 0 Å². The molecule has 0 aromatic carbocycles. The van der Waals surface area contributed by atoms with Gasteiger partial charge in [-0.25, -0.2) is 38.7 Å². The van der Waals surface area contributed by atoms with Gasteiger partial charge in [-0.05, 0) is 0 Å². The maximum Gasteiger partial charge on any atom is 0.385 e. The molecule has 0 bridgehead atoms. The molecule has 0 amide bonds. The van der Waals surface area contributed by atoms with Gasteiger partial charge in [0, 0.05) is 25.5 Å². The second kappa shape index (κ2) is 11.0. The maximum atomic E-state index is 11.3. The molecule has 128 valence electrons. The van der Waals surface area contributed by atoms with Crippen LogP contribution < -0.4 is 0 Å². The van der Waals surface area contributed by atoms with E-state index in [0.717, 1.165) is 6.92 Å². The summed E-state index contributed by atoms with van der Waals surface area (Å²) in [5, 5.41) is 0. The van der Waals surface area contributed by atoms with Gasteiger partial charge < -0.3 is 4.79 Å². The van der Waals surface area contributed by atoms with E-state index < -0.39 is 47.8 Å². The van der Waals surface area contributed by atoms with Gasteiger partial charge in [0.25, 0.3) is 0 Å². The van der Waals surface area contributed by atoms with Crippen molar-refractivity contribution in [1.29, 1.82) is 0 Å². The Hall–Kier alpha value is -2.64. The topological polar surface area (TPSA) is 169 Å². The van der Waals surface area contributed by atoms with Crippen LogP contribution in [0.5, 0.6) is 0 Å². The average Bonchev–Trinajstić information content (AvgIpc) is 2.47. The molecule has 0 aliphatic carbocycles. The highest BCUT2D eigenvalue weighted by Crippen LogP contribution is 2.02. The van der Waals surface area contributed by atoms with Gasteiger partial charge in [0.05, 0.1) is 0 Å². The van der Waals surface area contributed by atoms with Gasteiger partial charge in [-0.15, -0.1) is 0 Å². The summed E-state index contributed by atoms with van der Waals surface area (Å²) >= 11 is -2.86. The third-order valence-corrected chi connectivity index (χ3v) is 1.97. The van der Waals surface area contributed by atoms with Crippen LogP contribution in [0.15, 0.2) is 12.2 Å². The first kappa shape index (κ1) is 20.4. The first-order valence-electron chi connectivity index (χ1n) is 5.47. The summed E-state index contributed by atoms with van der Waals surface area (Å²) in [6.07, 6.45) is -1.26. The van der Waals surface area contributed by atoms with Crippen LogP contribution >= 0.6 is 0 Å². The zero-order valence-electron chi connectivity index (χ0n) is 11.4. The van der Waals surface area contributed by atoms with Gasteiger partial charge in [0.1, 0.15) is 6.29 Å². The predicted molar refractivity (Wildman–Crippen MR) is 65.5 cm³/mol. The first-order valence-corrected chi connectivity index (χ1v) is 6.50. The molecule has 0 aliphatic heterocycles. The van der Waals surface area contributed by atoms with Crippen molar-refractivity contribution in [2.75, 3.05) is 0 Å². The summed E-state index contributed by atoms with van der Waals surface area (Å²) in [5.74, 6) is -4.94. The molecule has 2 unspecified atom stereocenters. The summed E-state index contributed by atoms with van der Waals surface area (Å²) < 4.78 is 22.9. The molecule has 0 radical (unpaired) electrons. The Bertz CT molecular complexity index is 524. The SMILES string of the molecule is CC(=O)OOC(=O)/C=C\C(=O)OOC(=O)C(CC=O)OS(=O)O. The van der Waals surface area contributed by atoms with Crippen LogP contribution in [0.2, 0.25) is 0 Å². The Labute approximate surface area is 130 Å². The summed E-state index contributed by atoms with van der Waals surface area (Å²) in [4.78, 5) is 69.4. The van der Waals surface area contributed by atoms with Crippen LogP contribution in [0.4, 0.5) is 0 Å². The second-order valence-corrected chi connectivity index (χ2v) is 3.95. The Kier molecular flexibility index (Phi) is 9.74. The molecule has 0 saturated carbocycles. The molecule has 0 aliphatic rings. The van der Waals surface area contributed by atoms with E-state index >= 15 is 0 Å². The van der Waals surface area contributed by atoms with Gasteiger partial charge in [-0.2, -0.15) is 4.21 Å². The lowest BCUT2D eigenvalue weighted by atomic mass is 10.3. The largest absolute Gasteiger partial charge is 0.385 e. The lowest BCUT2D eigenvalue weighted by molar-refractivity contribution is -0.259. The Morgan fingerprint density at radius 1 is 1.04 bits per heavy atom. The zero-order valence-corrected chi connectivity index (χ0v) is 12.2. The van der Waals surface area contributed by atoms with E-state index in [-0.39, 0.29) is 6.29 Å². The summed E-state index contributed by atoms with van der Waals surface area (Å²) in [7, 11) is 0. The minimum absolute atomic E-state index is 0.200. The molecule has 0 heterocycles. The molecule has 1 N–H and O–H groups in total. The lowest BCUT2D eigenvalue weighted by Crippen LogP contribution is -2.28. The second-order valence-electron chi connectivity index (χ2n) is 3.32. The molecule has 23 heavy (non-hydrogen) atoms. The van der Waals surface area contributed by atoms with Crippen molar-refractivity contribution < 1.29 is 56.5 Å². The number of aldehydes is 1. The quantitative estimate of drug-likeness (QED) is 0.188. The highest BCUT2D eigenvalue weighted by molar-refractivity contribution is 7.74. The van der Waals surface area contributed by atoms with Crippen molar-refractivity contribution in [3.05, 3.63) is 12.2 Å². The van der Waals surface area contributed by atoms with Gasteiger partial charge in [0.15, 0.2) is 6.10 Å². The fraction of sp³-hybridized carbons (Fsp3) is 0.300. The summed E-state index contributed by atoms with van der Waals surface area (Å²) in [5.41, 5.74) is 0. The van der Waals surface area contributed by atoms with Crippen molar-refractivity contribution in [2.45, 2.75) is 19.4 Å². The van der Waals surface area contributed by atoms with Crippen molar-refractivity contribution in [2.24, 2.45) is 0 Å².